The SMILES string of the molecule is CNc1nc(CCNC(=O)Nc2ccc(Cl)cc2)cs1. The highest BCUT2D eigenvalue weighted by molar-refractivity contribution is 7.13. The summed E-state index contributed by atoms with van der Waals surface area (Å²) < 4.78 is 0. The van der Waals surface area contributed by atoms with Crippen molar-refractivity contribution in [2.75, 3.05) is 24.2 Å². The first-order valence-electron chi connectivity index (χ1n) is 6.10. The van der Waals surface area contributed by atoms with E-state index in [1.54, 1.807) is 35.6 Å². The van der Waals surface area contributed by atoms with Crippen molar-refractivity contribution < 1.29 is 4.79 Å². The Morgan fingerprint density at radius 3 is 2.75 bits per heavy atom. The summed E-state index contributed by atoms with van der Waals surface area (Å²) in [6.07, 6.45) is 0.701. The third kappa shape index (κ3) is 4.40. The number of thiazole rings is 1. The van der Waals surface area contributed by atoms with Crippen LogP contribution in [0.2, 0.25) is 5.02 Å². The molecule has 0 saturated carbocycles. The Hall–Kier alpha value is -1.79. The number of carbonyl (C=O) groups excluding carboxylic acids is 1. The molecule has 20 heavy (non-hydrogen) atoms. The van der Waals surface area contributed by atoms with Crippen LogP contribution in [0.15, 0.2) is 29.6 Å². The van der Waals surface area contributed by atoms with E-state index in [0.717, 1.165) is 10.8 Å². The molecule has 0 aliphatic heterocycles. The standard InChI is InChI=1S/C13H15ClN4OS/c1-15-13-18-11(8-20-13)6-7-16-12(19)17-10-4-2-9(14)3-5-10/h2-5,8H,6-7H2,1H3,(H,15,18)(H2,16,17,19). The number of nitrogens with zero attached hydrogens (tertiary/aromatic N) is 1. The Morgan fingerprint density at radius 2 is 2.10 bits per heavy atom. The van der Waals surface area contributed by atoms with Gasteiger partial charge < -0.3 is 16.0 Å². The van der Waals surface area contributed by atoms with Crippen molar-refractivity contribution in [3.8, 4) is 0 Å². The first kappa shape index (κ1) is 14.6. The molecule has 0 unspecified atom stereocenters. The van der Waals surface area contributed by atoms with Gasteiger partial charge in [0.25, 0.3) is 0 Å². The number of benzene rings is 1. The fourth-order valence-electron chi connectivity index (χ4n) is 1.55. The molecule has 0 bridgehead atoms. The molecule has 0 spiro atoms. The van der Waals surface area contributed by atoms with Crippen LogP contribution in [0.1, 0.15) is 5.69 Å². The van der Waals surface area contributed by atoms with Gasteiger partial charge in [0.05, 0.1) is 5.69 Å². The Kier molecular flexibility index (Phi) is 5.20. The minimum atomic E-state index is -0.239. The maximum Gasteiger partial charge on any atom is 0.319 e. The summed E-state index contributed by atoms with van der Waals surface area (Å²) in [7, 11) is 1.83. The predicted octanol–water partition coefficient (Wildman–Crippen LogP) is 3.20. The summed E-state index contributed by atoms with van der Waals surface area (Å²) >= 11 is 7.32. The van der Waals surface area contributed by atoms with Crippen LogP contribution in [0.3, 0.4) is 0 Å². The molecule has 2 aromatic rings. The topological polar surface area (TPSA) is 66.0 Å². The third-order valence-electron chi connectivity index (χ3n) is 2.53. The van der Waals surface area contributed by atoms with Crippen LogP contribution in [-0.4, -0.2) is 24.6 Å². The van der Waals surface area contributed by atoms with Gasteiger partial charge in [0.2, 0.25) is 0 Å². The zero-order valence-corrected chi connectivity index (χ0v) is 12.5. The second kappa shape index (κ2) is 7.12. The molecule has 0 radical (unpaired) electrons. The van der Waals surface area contributed by atoms with E-state index in [1.807, 2.05) is 12.4 Å². The van der Waals surface area contributed by atoms with E-state index in [1.165, 1.54) is 0 Å². The van der Waals surface area contributed by atoms with Crippen molar-refractivity contribution in [2.45, 2.75) is 6.42 Å². The molecule has 0 saturated heterocycles. The maximum absolute atomic E-state index is 11.7. The van der Waals surface area contributed by atoms with E-state index in [0.29, 0.717) is 23.7 Å². The first-order valence-corrected chi connectivity index (χ1v) is 7.35. The molecule has 0 aliphatic rings. The summed E-state index contributed by atoms with van der Waals surface area (Å²) in [5.41, 5.74) is 1.67. The van der Waals surface area contributed by atoms with Crippen molar-refractivity contribution >= 4 is 39.8 Å². The lowest BCUT2D eigenvalue weighted by Gasteiger charge is -2.06. The summed E-state index contributed by atoms with van der Waals surface area (Å²) in [5.74, 6) is 0. The van der Waals surface area contributed by atoms with Crippen molar-refractivity contribution in [1.29, 1.82) is 0 Å². The van der Waals surface area contributed by atoms with Crippen molar-refractivity contribution in [1.82, 2.24) is 10.3 Å². The number of urea groups is 1. The number of nitrogens with one attached hydrogen (secondary N) is 3. The highest BCUT2D eigenvalue weighted by atomic mass is 35.5. The molecule has 7 heteroatoms. The molecule has 1 aromatic carbocycles. The molecule has 1 heterocycles. The molecule has 106 valence electrons. The van der Waals surface area contributed by atoms with Crippen molar-refractivity contribution in [3.63, 3.8) is 0 Å². The highest BCUT2D eigenvalue weighted by Crippen LogP contribution is 2.14. The summed E-state index contributed by atoms with van der Waals surface area (Å²) in [6.45, 7) is 0.534. The lowest BCUT2D eigenvalue weighted by Crippen LogP contribution is -2.30. The van der Waals surface area contributed by atoms with Gasteiger partial charge in [-0.15, -0.1) is 11.3 Å². The predicted molar refractivity (Wildman–Crippen MR) is 83.8 cm³/mol. The molecule has 3 N–H and O–H groups in total. The second-order valence-electron chi connectivity index (χ2n) is 4.03. The quantitative estimate of drug-likeness (QED) is 0.794. The zero-order chi connectivity index (χ0) is 14.4. The van der Waals surface area contributed by atoms with Gasteiger partial charge in [-0.1, -0.05) is 11.6 Å². The molecule has 5 nitrogen and oxygen atoms in total. The number of carbonyl (C=O) groups is 1. The summed E-state index contributed by atoms with van der Waals surface area (Å²) in [5, 5.41) is 12.0. The van der Waals surface area contributed by atoms with Crippen LogP contribution < -0.4 is 16.0 Å². The van der Waals surface area contributed by atoms with Crippen molar-refractivity contribution in [3.05, 3.63) is 40.4 Å². The minimum absolute atomic E-state index is 0.239. The lowest BCUT2D eigenvalue weighted by atomic mass is 10.3. The molecule has 0 fully saturated rings. The Labute approximate surface area is 126 Å². The first-order chi connectivity index (χ1) is 9.67. The molecule has 1 aromatic heterocycles. The van der Waals surface area contributed by atoms with Crippen LogP contribution >= 0.6 is 22.9 Å². The number of rotatable bonds is 5. The van der Waals surface area contributed by atoms with Gasteiger partial charge in [-0.2, -0.15) is 0 Å². The number of halogens is 1. The van der Waals surface area contributed by atoms with Crippen LogP contribution in [0.5, 0.6) is 0 Å². The van der Waals surface area contributed by atoms with E-state index in [4.69, 9.17) is 11.6 Å². The van der Waals surface area contributed by atoms with E-state index in [2.05, 4.69) is 20.9 Å². The lowest BCUT2D eigenvalue weighted by molar-refractivity contribution is 0.252. The van der Waals surface area contributed by atoms with E-state index < -0.39 is 0 Å². The number of aromatic nitrogens is 1. The van der Waals surface area contributed by atoms with Gasteiger partial charge in [0.1, 0.15) is 0 Å². The fraction of sp³-hybridized carbons (Fsp3) is 0.231. The molecule has 0 atom stereocenters. The monoisotopic (exact) mass is 310 g/mol. The summed E-state index contributed by atoms with van der Waals surface area (Å²) in [4.78, 5) is 16.0. The Bertz CT molecular complexity index is 570. The summed E-state index contributed by atoms with van der Waals surface area (Å²) in [6, 6.07) is 6.72. The molecule has 2 rings (SSSR count). The van der Waals surface area contributed by atoms with Crippen LogP contribution in [-0.2, 0) is 6.42 Å². The van der Waals surface area contributed by atoms with Crippen LogP contribution in [0.25, 0.3) is 0 Å². The number of anilines is 2. The van der Waals surface area contributed by atoms with Gasteiger partial charge in [-0.3, -0.25) is 0 Å². The van der Waals surface area contributed by atoms with Crippen LogP contribution in [0, 0.1) is 0 Å². The average Bonchev–Trinajstić information content (AvgIpc) is 2.89. The smallest absolute Gasteiger partial charge is 0.319 e. The normalized spacial score (nSPS) is 10.1. The maximum atomic E-state index is 11.7. The Balaban J connectivity index is 1.73. The molecule has 0 aliphatic carbocycles. The number of hydrogen-bond donors (Lipinski definition) is 3. The number of amides is 2. The van der Waals surface area contributed by atoms with E-state index in [9.17, 15) is 4.79 Å². The average molecular weight is 311 g/mol. The fourth-order valence-corrected chi connectivity index (χ4v) is 2.38. The van der Waals surface area contributed by atoms with Gasteiger partial charge in [0.15, 0.2) is 5.13 Å². The highest BCUT2D eigenvalue weighted by Gasteiger charge is 2.03. The van der Waals surface area contributed by atoms with Gasteiger partial charge in [-0.05, 0) is 24.3 Å². The minimum Gasteiger partial charge on any atom is -0.365 e. The number of hydrogen-bond acceptors (Lipinski definition) is 4. The zero-order valence-electron chi connectivity index (χ0n) is 10.9. The second-order valence-corrected chi connectivity index (χ2v) is 5.33. The molecule has 2 amide bonds. The van der Waals surface area contributed by atoms with Crippen molar-refractivity contribution in [2.24, 2.45) is 0 Å². The largest absolute Gasteiger partial charge is 0.365 e. The van der Waals surface area contributed by atoms with Gasteiger partial charge in [0, 0.05) is 36.1 Å². The van der Waals surface area contributed by atoms with Gasteiger partial charge in [-0.25, -0.2) is 9.78 Å². The van der Waals surface area contributed by atoms with E-state index >= 15 is 0 Å². The van der Waals surface area contributed by atoms with Crippen LogP contribution in [0.4, 0.5) is 15.6 Å². The van der Waals surface area contributed by atoms with E-state index in [-0.39, 0.29) is 6.03 Å². The Morgan fingerprint density at radius 1 is 1.35 bits per heavy atom. The van der Waals surface area contributed by atoms with Gasteiger partial charge >= 0.3 is 6.03 Å². The third-order valence-corrected chi connectivity index (χ3v) is 3.69. The molecular formula is C13H15ClN4OS. The molecular weight excluding hydrogens is 296 g/mol.